The third-order valence-electron chi connectivity index (χ3n) is 5.41. The molecule has 3 heterocycles. The lowest BCUT2D eigenvalue weighted by atomic mass is 10.0. The zero-order valence-electron chi connectivity index (χ0n) is 20.1. The van der Waals surface area contributed by atoms with Crippen LogP contribution in [0.1, 0.15) is 31.1 Å². The van der Waals surface area contributed by atoms with E-state index in [4.69, 9.17) is 13.9 Å². The molecule has 0 spiro atoms. The van der Waals surface area contributed by atoms with E-state index in [1.165, 1.54) is 21.6 Å². The number of hydrogen-bond acceptors (Lipinski definition) is 7. The summed E-state index contributed by atoms with van der Waals surface area (Å²) in [4.78, 5) is 42.3. The summed E-state index contributed by atoms with van der Waals surface area (Å²) >= 11 is 0. The van der Waals surface area contributed by atoms with Crippen LogP contribution in [0, 0.1) is 0 Å². The molecule has 0 unspecified atom stereocenters. The summed E-state index contributed by atoms with van der Waals surface area (Å²) in [6.07, 6.45) is 1.01. The van der Waals surface area contributed by atoms with Gasteiger partial charge in [0.25, 0.3) is 5.91 Å². The maximum absolute atomic E-state index is 13.2. The molecule has 1 fully saturated rings. The molecule has 180 valence electrons. The van der Waals surface area contributed by atoms with Gasteiger partial charge in [-0.1, -0.05) is 0 Å². The Morgan fingerprint density at radius 2 is 1.79 bits per heavy atom. The van der Waals surface area contributed by atoms with Crippen LogP contribution in [0.3, 0.4) is 0 Å². The van der Waals surface area contributed by atoms with Gasteiger partial charge >= 0.3 is 6.09 Å². The van der Waals surface area contributed by atoms with Gasteiger partial charge in [-0.25, -0.2) is 4.79 Å². The Kier molecular flexibility index (Phi) is 6.22. The van der Waals surface area contributed by atoms with Crippen LogP contribution in [-0.2, 0) is 9.47 Å². The molecule has 2 aromatic heterocycles. The minimum atomic E-state index is -0.695. The Hall–Kier alpha value is -3.59. The first-order chi connectivity index (χ1) is 16.0. The first kappa shape index (κ1) is 23.6. The molecule has 1 amide bonds. The zero-order chi connectivity index (χ0) is 24.6. The number of anilines is 1. The Morgan fingerprint density at radius 1 is 1.09 bits per heavy atom. The monoisotopic (exact) mass is 467 g/mol. The van der Waals surface area contributed by atoms with E-state index in [1.54, 1.807) is 59.3 Å². The number of ether oxygens (including phenoxy) is 2. The van der Waals surface area contributed by atoms with E-state index in [2.05, 4.69) is 0 Å². The third-order valence-corrected chi connectivity index (χ3v) is 5.41. The molecule has 9 nitrogen and oxygen atoms in total. The van der Waals surface area contributed by atoms with Crippen molar-refractivity contribution in [2.75, 3.05) is 45.3 Å². The largest absolute Gasteiger partial charge is 0.443 e. The van der Waals surface area contributed by atoms with Crippen molar-refractivity contribution < 1.29 is 23.5 Å². The van der Waals surface area contributed by atoms with Gasteiger partial charge in [-0.3, -0.25) is 14.2 Å². The molecule has 1 saturated heterocycles. The maximum Gasteiger partial charge on any atom is 0.418 e. The van der Waals surface area contributed by atoms with Gasteiger partial charge in [0.1, 0.15) is 11.2 Å². The lowest BCUT2D eigenvalue weighted by molar-refractivity contribution is 0.0540. The molecule has 9 heteroatoms. The summed E-state index contributed by atoms with van der Waals surface area (Å²) in [5.41, 5.74) is 0.552. The van der Waals surface area contributed by atoms with Crippen molar-refractivity contribution in [1.82, 2.24) is 9.47 Å². The SMILES string of the molecule is CN(C)C(=O)c1cc(-c2cccn2C(=O)OC(C)(C)C)c2oc(N3CCOCC3)cc(=O)c2c1. The summed E-state index contributed by atoms with van der Waals surface area (Å²) < 4.78 is 18.6. The van der Waals surface area contributed by atoms with Crippen molar-refractivity contribution in [2.45, 2.75) is 26.4 Å². The predicted octanol–water partition coefficient (Wildman–Crippen LogP) is 3.58. The number of fused-ring (bicyclic) bond motifs is 1. The van der Waals surface area contributed by atoms with E-state index in [1.807, 2.05) is 4.90 Å². The van der Waals surface area contributed by atoms with Crippen molar-refractivity contribution in [1.29, 1.82) is 0 Å². The highest BCUT2D eigenvalue weighted by molar-refractivity contribution is 6.03. The number of amides is 1. The fraction of sp³-hybridized carbons (Fsp3) is 0.400. The molecule has 1 aliphatic rings. The van der Waals surface area contributed by atoms with Crippen LogP contribution in [0.2, 0.25) is 0 Å². The van der Waals surface area contributed by atoms with Gasteiger partial charge in [0, 0.05) is 50.6 Å². The second kappa shape index (κ2) is 8.98. The van der Waals surface area contributed by atoms with E-state index in [0.29, 0.717) is 54.6 Å². The molecule has 0 atom stereocenters. The lowest BCUT2D eigenvalue weighted by Gasteiger charge is -2.27. The average molecular weight is 468 g/mol. The Bertz CT molecular complexity index is 1290. The summed E-state index contributed by atoms with van der Waals surface area (Å²) in [6.45, 7) is 7.61. The smallest absolute Gasteiger partial charge is 0.418 e. The van der Waals surface area contributed by atoms with E-state index in [9.17, 15) is 14.4 Å². The van der Waals surface area contributed by atoms with E-state index < -0.39 is 11.7 Å². The molecule has 0 N–H and O–H groups in total. The summed E-state index contributed by atoms with van der Waals surface area (Å²) in [5.74, 6) is 0.152. The molecular weight excluding hydrogens is 438 g/mol. The number of carbonyl (C=O) groups excluding carboxylic acids is 2. The van der Waals surface area contributed by atoms with Crippen molar-refractivity contribution in [2.24, 2.45) is 0 Å². The highest BCUT2D eigenvalue weighted by Crippen LogP contribution is 2.33. The summed E-state index contributed by atoms with van der Waals surface area (Å²) in [6, 6.07) is 8.05. The van der Waals surface area contributed by atoms with Crippen LogP contribution in [0.15, 0.2) is 45.7 Å². The van der Waals surface area contributed by atoms with Gasteiger partial charge in [0.15, 0.2) is 11.3 Å². The van der Waals surface area contributed by atoms with E-state index in [-0.39, 0.29) is 16.7 Å². The molecule has 34 heavy (non-hydrogen) atoms. The number of rotatable bonds is 3. The highest BCUT2D eigenvalue weighted by atomic mass is 16.6. The number of hydrogen-bond donors (Lipinski definition) is 0. The van der Waals surface area contributed by atoms with Crippen molar-refractivity contribution in [3.8, 4) is 11.3 Å². The Labute approximate surface area is 197 Å². The molecule has 0 aliphatic carbocycles. The van der Waals surface area contributed by atoms with E-state index in [0.717, 1.165) is 0 Å². The molecule has 0 radical (unpaired) electrons. The topological polar surface area (TPSA) is 94.2 Å². The van der Waals surface area contributed by atoms with E-state index >= 15 is 0 Å². The minimum Gasteiger partial charge on any atom is -0.443 e. The number of benzene rings is 1. The molecule has 0 saturated carbocycles. The van der Waals surface area contributed by atoms with Gasteiger partial charge in [0.05, 0.1) is 24.3 Å². The van der Waals surface area contributed by atoms with Crippen molar-refractivity contribution >= 4 is 28.9 Å². The zero-order valence-corrected chi connectivity index (χ0v) is 20.1. The summed E-state index contributed by atoms with van der Waals surface area (Å²) in [5, 5.41) is 0.261. The normalized spacial score (nSPS) is 14.3. The molecular formula is C25H29N3O6. The van der Waals surface area contributed by atoms with Crippen LogP contribution >= 0.6 is 0 Å². The minimum absolute atomic E-state index is 0.261. The van der Waals surface area contributed by atoms with Gasteiger partial charge in [0.2, 0.25) is 0 Å². The fourth-order valence-electron chi connectivity index (χ4n) is 3.83. The van der Waals surface area contributed by atoms with Crippen LogP contribution in [-0.4, -0.2) is 67.5 Å². The van der Waals surface area contributed by atoms with Crippen molar-refractivity contribution in [3.63, 3.8) is 0 Å². The quantitative estimate of drug-likeness (QED) is 0.581. The summed E-state index contributed by atoms with van der Waals surface area (Å²) in [7, 11) is 3.28. The second-order valence-electron chi connectivity index (χ2n) is 9.39. The van der Waals surface area contributed by atoms with Crippen LogP contribution in [0.5, 0.6) is 0 Å². The standard InChI is InChI=1S/C25H29N3O6/c1-25(2,3)34-24(31)28-8-6-7-19(28)17-13-16(23(30)26(4)5)14-18-20(29)15-21(33-22(17)18)27-9-11-32-12-10-27/h6-8,13-15H,9-12H2,1-5H3. The Morgan fingerprint density at radius 3 is 2.44 bits per heavy atom. The number of carbonyl (C=O) groups is 2. The maximum atomic E-state index is 13.2. The average Bonchev–Trinajstić information content (AvgIpc) is 3.27. The lowest BCUT2D eigenvalue weighted by Crippen LogP contribution is -2.36. The molecule has 4 rings (SSSR count). The molecule has 0 bridgehead atoms. The first-order valence-electron chi connectivity index (χ1n) is 11.1. The van der Waals surface area contributed by atoms with Crippen molar-refractivity contribution in [3.05, 3.63) is 52.3 Å². The predicted molar refractivity (Wildman–Crippen MR) is 129 cm³/mol. The number of morpholine rings is 1. The van der Waals surface area contributed by atoms with Crippen LogP contribution < -0.4 is 10.3 Å². The Balaban J connectivity index is 1.95. The van der Waals surface area contributed by atoms with Crippen LogP contribution in [0.25, 0.3) is 22.2 Å². The van der Waals surface area contributed by atoms with Gasteiger partial charge in [-0.2, -0.15) is 0 Å². The van der Waals surface area contributed by atoms with Gasteiger partial charge < -0.3 is 23.7 Å². The molecule has 1 aliphatic heterocycles. The number of aromatic nitrogens is 1. The number of nitrogens with zero attached hydrogens (tertiary/aromatic N) is 3. The van der Waals surface area contributed by atoms with Gasteiger partial charge in [-0.05, 0) is 45.0 Å². The molecule has 3 aromatic rings. The second-order valence-corrected chi connectivity index (χ2v) is 9.39. The first-order valence-corrected chi connectivity index (χ1v) is 11.1. The fourth-order valence-corrected chi connectivity index (χ4v) is 3.83. The third kappa shape index (κ3) is 4.70. The highest BCUT2D eigenvalue weighted by Gasteiger charge is 2.24. The van der Waals surface area contributed by atoms with Gasteiger partial charge in [-0.15, -0.1) is 0 Å². The molecule has 1 aromatic carbocycles. The van der Waals surface area contributed by atoms with Crippen LogP contribution in [0.4, 0.5) is 10.7 Å².